The van der Waals surface area contributed by atoms with E-state index in [1.54, 1.807) is 7.11 Å². The lowest BCUT2D eigenvalue weighted by Crippen LogP contribution is -2.37. The minimum Gasteiger partial charge on any atom is -0.387 e. The van der Waals surface area contributed by atoms with Crippen molar-refractivity contribution < 1.29 is 9.84 Å². The van der Waals surface area contributed by atoms with Crippen LogP contribution in [0.25, 0.3) is 0 Å². The van der Waals surface area contributed by atoms with Gasteiger partial charge in [0.25, 0.3) is 0 Å². The van der Waals surface area contributed by atoms with E-state index in [2.05, 4.69) is 22.9 Å². The van der Waals surface area contributed by atoms with Gasteiger partial charge in [-0.25, -0.2) is 0 Å². The molecule has 112 valence electrons. The van der Waals surface area contributed by atoms with Crippen molar-refractivity contribution in [2.24, 2.45) is 5.92 Å². The Labute approximate surface area is 121 Å². The first-order valence-electron chi connectivity index (χ1n) is 7.57. The monoisotopic (exact) mass is 278 g/mol. The van der Waals surface area contributed by atoms with E-state index in [1.165, 1.54) is 12.8 Å². The normalized spacial score (nSPS) is 17.8. The van der Waals surface area contributed by atoms with Crippen molar-refractivity contribution in [3.05, 3.63) is 24.0 Å². The smallest absolute Gasteiger partial charge is 0.0957 e. The van der Waals surface area contributed by atoms with Crippen LogP contribution in [-0.2, 0) is 4.74 Å². The molecule has 0 radical (unpaired) electrons. The largest absolute Gasteiger partial charge is 0.387 e. The minimum atomic E-state index is -0.461. The third-order valence-electron chi connectivity index (χ3n) is 4.16. The fourth-order valence-corrected chi connectivity index (χ4v) is 2.56. The van der Waals surface area contributed by atoms with Crippen molar-refractivity contribution in [2.45, 2.75) is 45.3 Å². The Morgan fingerprint density at radius 2 is 2.20 bits per heavy atom. The number of aliphatic hydroxyl groups excluding tert-OH is 1. The van der Waals surface area contributed by atoms with Crippen LogP contribution < -0.4 is 4.90 Å². The standard InChI is InChI=1S/C16H26N2O2/c1-4-16(19)15-8-7-14(11-17-15)18(9-10-20-3)12(2)13-5-6-13/h7-8,11-13,16,19H,4-6,9-10H2,1-3H3. The zero-order chi connectivity index (χ0) is 14.5. The molecule has 0 bridgehead atoms. The molecule has 2 unspecified atom stereocenters. The van der Waals surface area contributed by atoms with Crippen LogP contribution in [0.4, 0.5) is 5.69 Å². The highest BCUT2D eigenvalue weighted by molar-refractivity contribution is 5.46. The molecule has 1 aliphatic carbocycles. The maximum atomic E-state index is 9.81. The summed E-state index contributed by atoms with van der Waals surface area (Å²) in [5, 5.41) is 9.81. The van der Waals surface area contributed by atoms with Gasteiger partial charge in [0.1, 0.15) is 0 Å². The molecular formula is C16H26N2O2. The molecular weight excluding hydrogens is 252 g/mol. The summed E-state index contributed by atoms with van der Waals surface area (Å²) in [4.78, 5) is 6.78. The second-order valence-electron chi connectivity index (χ2n) is 5.63. The fraction of sp³-hybridized carbons (Fsp3) is 0.688. The van der Waals surface area contributed by atoms with E-state index < -0.39 is 6.10 Å². The number of hydrogen-bond donors (Lipinski definition) is 1. The van der Waals surface area contributed by atoms with Gasteiger partial charge in [-0.05, 0) is 44.2 Å². The second kappa shape index (κ2) is 7.04. The Balaban J connectivity index is 2.10. The summed E-state index contributed by atoms with van der Waals surface area (Å²) in [5.74, 6) is 0.799. The van der Waals surface area contributed by atoms with Crippen LogP contribution in [0.3, 0.4) is 0 Å². The maximum Gasteiger partial charge on any atom is 0.0957 e. The third kappa shape index (κ3) is 3.70. The van der Waals surface area contributed by atoms with Crippen LogP contribution in [0.15, 0.2) is 18.3 Å². The predicted octanol–water partition coefficient (Wildman–Crippen LogP) is 2.78. The van der Waals surface area contributed by atoms with Crippen LogP contribution >= 0.6 is 0 Å². The summed E-state index contributed by atoms with van der Waals surface area (Å²) in [7, 11) is 1.74. The number of pyridine rings is 1. The van der Waals surface area contributed by atoms with Gasteiger partial charge in [0.2, 0.25) is 0 Å². The van der Waals surface area contributed by atoms with Crippen LogP contribution in [0.1, 0.15) is 44.9 Å². The molecule has 1 aromatic heterocycles. The summed E-state index contributed by atoms with van der Waals surface area (Å²) in [6.07, 6.45) is 4.76. The van der Waals surface area contributed by atoms with Crippen molar-refractivity contribution in [1.82, 2.24) is 4.98 Å². The molecule has 0 spiro atoms. The Hall–Kier alpha value is -1.13. The molecule has 1 aromatic rings. The number of methoxy groups -OCH3 is 1. The lowest BCUT2D eigenvalue weighted by molar-refractivity contribution is 0.169. The molecule has 1 saturated carbocycles. The van der Waals surface area contributed by atoms with E-state index >= 15 is 0 Å². The molecule has 0 aromatic carbocycles. The summed E-state index contributed by atoms with van der Waals surface area (Å²) in [6, 6.07) is 4.52. The topological polar surface area (TPSA) is 45.6 Å². The highest BCUT2D eigenvalue weighted by atomic mass is 16.5. The highest BCUT2D eigenvalue weighted by Gasteiger charge is 2.32. The van der Waals surface area contributed by atoms with E-state index in [-0.39, 0.29) is 0 Å². The average molecular weight is 278 g/mol. The van der Waals surface area contributed by atoms with Crippen molar-refractivity contribution in [3.63, 3.8) is 0 Å². The number of nitrogens with zero attached hydrogens (tertiary/aromatic N) is 2. The van der Waals surface area contributed by atoms with E-state index in [4.69, 9.17) is 4.74 Å². The van der Waals surface area contributed by atoms with Crippen LogP contribution in [0.2, 0.25) is 0 Å². The van der Waals surface area contributed by atoms with Gasteiger partial charge in [0, 0.05) is 19.7 Å². The van der Waals surface area contributed by atoms with Gasteiger partial charge < -0.3 is 14.7 Å². The molecule has 1 N–H and O–H groups in total. The van der Waals surface area contributed by atoms with Gasteiger partial charge in [-0.15, -0.1) is 0 Å². The maximum absolute atomic E-state index is 9.81. The first-order chi connectivity index (χ1) is 9.67. The van der Waals surface area contributed by atoms with Crippen LogP contribution in [-0.4, -0.2) is 36.4 Å². The highest BCUT2D eigenvalue weighted by Crippen LogP contribution is 2.36. The van der Waals surface area contributed by atoms with Gasteiger partial charge in [0.15, 0.2) is 0 Å². The summed E-state index contributed by atoms with van der Waals surface area (Å²) >= 11 is 0. The number of aliphatic hydroxyl groups is 1. The first-order valence-corrected chi connectivity index (χ1v) is 7.57. The predicted molar refractivity (Wildman–Crippen MR) is 80.9 cm³/mol. The Kier molecular flexibility index (Phi) is 5.38. The zero-order valence-corrected chi connectivity index (χ0v) is 12.7. The number of rotatable bonds is 8. The summed E-state index contributed by atoms with van der Waals surface area (Å²) in [6.45, 7) is 5.84. The number of anilines is 1. The molecule has 1 heterocycles. The fourth-order valence-electron chi connectivity index (χ4n) is 2.56. The van der Waals surface area contributed by atoms with Crippen molar-refractivity contribution in [1.29, 1.82) is 0 Å². The Bertz CT molecular complexity index is 403. The van der Waals surface area contributed by atoms with Crippen LogP contribution in [0.5, 0.6) is 0 Å². The van der Waals surface area contributed by atoms with Crippen molar-refractivity contribution in [3.8, 4) is 0 Å². The molecule has 2 rings (SSSR count). The molecule has 1 fully saturated rings. The minimum absolute atomic E-state index is 0.461. The van der Waals surface area contributed by atoms with Gasteiger partial charge in [0.05, 0.1) is 30.3 Å². The molecule has 0 amide bonds. The average Bonchev–Trinajstić information content (AvgIpc) is 3.32. The van der Waals surface area contributed by atoms with E-state index in [0.29, 0.717) is 12.5 Å². The van der Waals surface area contributed by atoms with Gasteiger partial charge in [-0.1, -0.05) is 6.92 Å². The van der Waals surface area contributed by atoms with Gasteiger partial charge in [-0.2, -0.15) is 0 Å². The molecule has 2 atom stereocenters. The molecule has 20 heavy (non-hydrogen) atoms. The molecule has 0 aliphatic heterocycles. The van der Waals surface area contributed by atoms with Gasteiger partial charge in [-0.3, -0.25) is 4.98 Å². The van der Waals surface area contributed by atoms with Gasteiger partial charge >= 0.3 is 0 Å². The first kappa shape index (κ1) is 15.3. The molecule has 0 saturated heterocycles. The Morgan fingerprint density at radius 3 is 2.70 bits per heavy atom. The van der Waals surface area contributed by atoms with E-state index in [0.717, 1.165) is 30.5 Å². The number of aromatic nitrogens is 1. The lowest BCUT2D eigenvalue weighted by atomic mass is 10.1. The molecule has 4 nitrogen and oxygen atoms in total. The van der Waals surface area contributed by atoms with E-state index in [9.17, 15) is 5.11 Å². The SMILES string of the molecule is CCC(O)c1ccc(N(CCOC)C(C)C2CC2)cn1. The third-order valence-corrected chi connectivity index (χ3v) is 4.16. The summed E-state index contributed by atoms with van der Waals surface area (Å²) < 4.78 is 5.22. The zero-order valence-electron chi connectivity index (χ0n) is 12.7. The lowest BCUT2D eigenvalue weighted by Gasteiger charge is -2.31. The number of hydrogen-bond acceptors (Lipinski definition) is 4. The van der Waals surface area contributed by atoms with Crippen LogP contribution in [0, 0.1) is 5.92 Å². The number of ether oxygens (including phenoxy) is 1. The quantitative estimate of drug-likeness (QED) is 0.794. The van der Waals surface area contributed by atoms with Crippen molar-refractivity contribution >= 4 is 5.69 Å². The molecule has 1 aliphatic rings. The summed E-state index contributed by atoms with van der Waals surface area (Å²) in [5.41, 5.74) is 1.87. The van der Waals surface area contributed by atoms with E-state index in [1.807, 2.05) is 19.2 Å². The van der Waals surface area contributed by atoms with Crippen molar-refractivity contribution in [2.75, 3.05) is 25.2 Å². The molecule has 4 heteroatoms. The second-order valence-corrected chi connectivity index (χ2v) is 5.63. The Morgan fingerprint density at radius 1 is 1.45 bits per heavy atom.